The summed E-state index contributed by atoms with van der Waals surface area (Å²) in [5.41, 5.74) is 1.97. The van der Waals surface area contributed by atoms with Crippen LogP contribution in [0.15, 0.2) is 4.99 Å². The van der Waals surface area contributed by atoms with Crippen LogP contribution in [0.2, 0.25) is 0 Å². The Balaban J connectivity index is 2.89. The fraction of sp³-hybridized carbons (Fsp3) is 0.625. The second-order valence-electron chi connectivity index (χ2n) is 3.25. The minimum atomic E-state index is -0.957. The molecule has 1 aliphatic rings. The summed E-state index contributed by atoms with van der Waals surface area (Å²) in [6.07, 6.45) is 0. The van der Waals surface area contributed by atoms with Crippen LogP contribution in [-0.2, 0) is 0 Å². The standard InChI is InChI=1S/C8H15NS/c1-7-5-10(3,4)6-9-8(7)2/h6-8H,3-5H2,1-2H3/t7-,8-/m1/s1. The third kappa shape index (κ3) is 1.63. The third-order valence-corrected chi connectivity index (χ3v) is 3.70. The lowest BCUT2D eigenvalue weighted by atomic mass is 10.1. The highest BCUT2D eigenvalue weighted by molar-refractivity contribution is 8.38. The van der Waals surface area contributed by atoms with Crippen LogP contribution in [0, 0.1) is 5.92 Å². The molecule has 0 saturated carbocycles. The first-order chi connectivity index (χ1) is 4.51. The van der Waals surface area contributed by atoms with Gasteiger partial charge < -0.3 is 0 Å². The molecule has 0 spiro atoms. The van der Waals surface area contributed by atoms with E-state index in [-0.39, 0.29) is 0 Å². The van der Waals surface area contributed by atoms with Crippen LogP contribution < -0.4 is 0 Å². The molecule has 0 radical (unpaired) electrons. The van der Waals surface area contributed by atoms with Crippen LogP contribution >= 0.6 is 9.21 Å². The van der Waals surface area contributed by atoms with Gasteiger partial charge in [0.15, 0.2) is 0 Å². The summed E-state index contributed by atoms with van der Waals surface area (Å²) in [7, 11) is -0.957. The predicted octanol–water partition coefficient (Wildman–Crippen LogP) is 1.72. The van der Waals surface area contributed by atoms with E-state index in [1.807, 2.05) is 5.55 Å². The smallest absolute Gasteiger partial charge is 0.0510 e. The molecular weight excluding hydrogens is 142 g/mol. The van der Waals surface area contributed by atoms with Gasteiger partial charge in [-0.15, -0.1) is 0 Å². The normalized spacial score (nSPS) is 37.8. The Hall–Kier alpha value is -0.240. The molecule has 2 atom stereocenters. The molecule has 0 bridgehead atoms. The molecule has 1 aliphatic heterocycles. The number of nitrogens with zero attached hydrogens (tertiary/aromatic N) is 1. The Morgan fingerprint density at radius 1 is 1.50 bits per heavy atom. The Kier molecular flexibility index (Phi) is 1.90. The minimum absolute atomic E-state index is 0.476. The van der Waals surface area contributed by atoms with E-state index < -0.39 is 9.21 Å². The zero-order valence-electron chi connectivity index (χ0n) is 6.71. The van der Waals surface area contributed by atoms with Crippen LogP contribution in [0.5, 0.6) is 0 Å². The zero-order chi connectivity index (χ0) is 7.78. The average molecular weight is 157 g/mol. The van der Waals surface area contributed by atoms with E-state index >= 15 is 0 Å². The number of rotatable bonds is 0. The van der Waals surface area contributed by atoms with Crippen LogP contribution in [0.1, 0.15) is 13.8 Å². The van der Waals surface area contributed by atoms with Crippen molar-refractivity contribution < 1.29 is 0 Å². The maximum absolute atomic E-state index is 4.35. The van der Waals surface area contributed by atoms with Crippen molar-refractivity contribution in [2.45, 2.75) is 19.9 Å². The summed E-state index contributed by atoms with van der Waals surface area (Å²) >= 11 is 0. The molecule has 0 fully saturated rings. The van der Waals surface area contributed by atoms with Gasteiger partial charge in [0, 0.05) is 5.55 Å². The van der Waals surface area contributed by atoms with E-state index in [4.69, 9.17) is 0 Å². The van der Waals surface area contributed by atoms with Gasteiger partial charge in [0.2, 0.25) is 0 Å². The van der Waals surface area contributed by atoms with E-state index in [1.165, 1.54) is 0 Å². The molecule has 0 saturated heterocycles. The maximum Gasteiger partial charge on any atom is 0.0510 e. The molecule has 58 valence electrons. The van der Waals surface area contributed by atoms with Crippen molar-refractivity contribution in [3.63, 3.8) is 0 Å². The Labute approximate surface area is 63.6 Å². The lowest BCUT2D eigenvalue weighted by molar-refractivity contribution is 0.538. The first-order valence-electron chi connectivity index (χ1n) is 3.51. The van der Waals surface area contributed by atoms with E-state index in [1.54, 1.807) is 0 Å². The fourth-order valence-corrected chi connectivity index (χ4v) is 2.94. The molecular formula is C8H15NS. The van der Waals surface area contributed by atoms with E-state index in [0.717, 1.165) is 5.75 Å². The Bertz CT molecular complexity index is 236. The van der Waals surface area contributed by atoms with Crippen molar-refractivity contribution in [3.05, 3.63) is 0 Å². The largest absolute Gasteiger partial charge is 0.284 e. The van der Waals surface area contributed by atoms with Crippen LogP contribution in [0.25, 0.3) is 0 Å². The first kappa shape index (κ1) is 7.86. The molecule has 2 heteroatoms. The second-order valence-corrected chi connectivity index (χ2v) is 6.02. The Morgan fingerprint density at radius 2 is 2.10 bits per heavy atom. The summed E-state index contributed by atoms with van der Waals surface area (Å²) in [5, 5.41) is 0. The van der Waals surface area contributed by atoms with Gasteiger partial charge in [-0.2, -0.15) is 9.21 Å². The number of hydrogen-bond donors (Lipinski definition) is 0. The van der Waals surface area contributed by atoms with Gasteiger partial charge in [-0.3, -0.25) is 4.99 Å². The van der Waals surface area contributed by atoms with Gasteiger partial charge in [-0.25, -0.2) is 0 Å². The van der Waals surface area contributed by atoms with Crippen molar-refractivity contribution in [2.24, 2.45) is 10.9 Å². The topological polar surface area (TPSA) is 12.4 Å². The van der Waals surface area contributed by atoms with Crippen LogP contribution in [-0.4, -0.2) is 29.1 Å². The van der Waals surface area contributed by atoms with Crippen molar-refractivity contribution in [1.29, 1.82) is 0 Å². The molecule has 10 heavy (non-hydrogen) atoms. The number of aliphatic imine (C=N–C) groups is 1. The third-order valence-electron chi connectivity index (χ3n) is 1.94. The van der Waals surface area contributed by atoms with E-state index in [9.17, 15) is 0 Å². The van der Waals surface area contributed by atoms with Gasteiger partial charge in [-0.05, 0) is 18.6 Å². The predicted molar refractivity (Wildman–Crippen MR) is 53.8 cm³/mol. The fourth-order valence-electron chi connectivity index (χ4n) is 1.08. The first-order valence-corrected chi connectivity index (χ1v) is 5.72. The Morgan fingerprint density at radius 3 is 2.50 bits per heavy atom. The lowest BCUT2D eigenvalue weighted by Gasteiger charge is -2.24. The molecule has 0 unspecified atom stereocenters. The summed E-state index contributed by atoms with van der Waals surface area (Å²) < 4.78 is 0. The molecule has 1 rings (SSSR count). The average Bonchev–Trinajstić information content (AvgIpc) is 1.79. The summed E-state index contributed by atoms with van der Waals surface area (Å²) in [6.45, 7) is 4.37. The molecule has 0 aliphatic carbocycles. The molecule has 1 nitrogen and oxygen atoms in total. The second kappa shape index (κ2) is 2.42. The highest BCUT2D eigenvalue weighted by Gasteiger charge is 2.15. The monoisotopic (exact) mass is 157 g/mol. The maximum atomic E-state index is 4.35. The minimum Gasteiger partial charge on any atom is -0.284 e. The quantitative estimate of drug-likeness (QED) is 0.475. The van der Waals surface area contributed by atoms with Crippen molar-refractivity contribution in [2.75, 3.05) is 5.75 Å². The van der Waals surface area contributed by atoms with E-state index in [0.29, 0.717) is 12.0 Å². The highest BCUT2D eigenvalue weighted by atomic mass is 32.2. The summed E-state index contributed by atoms with van der Waals surface area (Å²) in [4.78, 5) is 4.35. The highest BCUT2D eigenvalue weighted by Crippen LogP contribution is 2.27. The molecule has 0 aromatic carbocycles. The van der Waals surface area contributed by atoms with Gasteiger partial charge in [-0.1, -0.05) is 18.7 Å². The zero-order valence-corrected chi connectivity index (χ0v) is 7.53. The lowest BCUT2D eigenvalue weighted by Crippen LogP contribution is -2.20. The molecule has 0 aromatic rings. The molecule has 1 heterocycles. The van der Waals surface area contributed by atoms with Gasteiger partial charge in [0.25, 0.3) is 0 Å². The van der Waals surface area contributed by atoms with Crippen LogP contribution in [0.3, 0.4) is 0 Å². The van der Waals surface area contributed by atoms with Crippen molar-refractivity contribution in [1.82, 2.24) is 0 Å². The number of hydrogen-bond acceptors (Lipinski definition) is 1. The molecule has 0 aromatic heterocycles. The SMILES string of the molecule is C=S1(=C)C=N[C@H](C)[C@H](C)C1. The van der Waals surface area contributed by atoms with Gasteiger partial charge in [0.05, 0.1) is 6.04 Å². The summed E-state index contributed by atoms with van der Waals surface area (Å²) in [6, 6.07) is 0.476. The van der Waals surface area contributed by atoms with Gasteiger partial charge in [0.1, 0.15) is 0 Å². The van der Waals surface area contributed by atoms with Crippen molar-refractivity contribution >= 4 is 26.5 Å². The van der Waals surface area contributed by atoms with Gasteiger partial charge >= 0.3 is 0 Å². The van der Waals surface area contributed by atoms with Crippen LogP contribution in [0.4, 0.5) is 0 Å². The molecule has 0 N–H and O–H groups in total. The van der Waals surface area contributed by atoms with Crippen molar-refractivity contribution in [3.8, 4) is 0 Å². The van der Waals surface area contributed by atoms with E-state index in [2.05, 4.69) is 30.6 Å². The molecule has 0 amide bonds. The summed E-state index contributed by atoms with van der Waals surface area (Å²) in [5.74, 6) is 9.87.